The van der Waals surface area contributed by atoms with Gasteiger partial charge in [-0.3, -0.25) is 9.59 Å². The predicted octanol–water partition coefficient (Wildman–Crippen LogP) is 6.08. The Balaban J connectivity index is 0. The lowest BCUT2D eigenvalue weighted by Crippen LogP contribution is -2.27. The Labute approximate surface area is 210 Å². The summed E-state index contributed by atoms with van der Waals surface area (Å²) < 4.78 is 11.3. The van der Waals surface area contributed by atoms with Gasteiger partial charge in [0.15, 0.2) is 0 Å². The Kier molecular flexibility index (Phi) is 23.1. The Bertz CT molecular complexity index is 802. The third kappa shape index (κ3) is 23.7. The molecule has 196 valence electrons. The van der Waals surface area contributed by atoms with Gasteiger partial charge < -0.3 is 10.6 Å². The minimum atomic E-state index is -0.852. The van der Waals surface area contributed by atoms with E-state index < -0.39 is 6.17 Å². The average Bonchev–Trinajstić information content (AvgIpc) is 3.43. The molecule has 1 aromatic carbocycles. The zero-order valence-electron chi connectivity index (χ0n) is 22.2. The number of aromatic amines is 1. The highest BCUT2D eigenvalue weighted by Gasteiger charge is 2.06. The van der Waals surface area contributed by atoms with Crippen LogP contribution < -0.4 is 10.6 Å². The van der Waals surface area contributed by atoms with Crippen LogP contribution in [0.3, 0.4) is 0 Å². The fraction of sp³-hybridized carbons (Fsp3) is 0.481. The molecule has 0 saturated heterocycles. The van der Waals surface area contributed by atoms with E-state index in [0.29, 0.717) is 24.9 Å². The fourth-order valence-electron chi connectivity index (χ4n) is 2.15. The van der Waals surface area contributed by atoms with Gasteiger partial charge in [-0.15, -0.1) is 6.58 Å². The van der Waals surface area contributed by atoms with Crippen LogP contribution in [0.1, 0.15) is 82.6 Å². The molecule has 2 rings (SSSR count). The number of nitrogens with one attached hydrogen (secondary N) is 3. The van der Waals surface area contributed by atoms with E-state index in [1.165, 1.54) is 25.8 Å². The highest BCUT2D eigenvalue weighted by molar-refractivity contribution is 5.94. The number of halogens is 1. The lowest BCUT2D eigenvalue weighted by atomic mass is 10.1. The molecule has 0 aliphatic carbocycles. The molecule has 35 heavy (non-hydrogen) atoms. The summed E-state index contributed by atoms with van der Waals surface area (Å²) >= 11 is 0. The normalized spacial score (nSPS) is 10.7. The Hall–Kier alpha value is -3.29. The first kappa shape index (κ1) is 33.9. The molecule has 1 atom stereocenters. The van der Waals surface area contributed by atoms with Gasteiger partial charge in [-0.1, -0.05) is 63.5 Å². The molecule has 7 nitrogen and oxygen atoms in total. The van der Waals surface area contributed by atoms with Crippen LogP contribution in [0.15, 0.2) is 61.1 Å². The summed E-state index contributed by atoms with van der Waals surface area (Å²) in [7, 11) is 0. The van der Waals surface area contributed by atoms with Crippen molar-refractivity contribution in [2.45, 2.75) is 79.8 Å². The number of hydrogen-bond donors (Lipinski definition) is 3. The molecule has 2 aromatic rings. The number of alkyl halides is 1. The molecule has 0 fully saturated rings. The van der Waals surface area contributed by atoms with Crippen LogP contribution in [0, 0.1) is 6.92 Å². The number of H-pyrrole nitrogens is 1. The van der Waals surface area contributed by atoms with Crippen LogP contribution in [0.2, 0.25) is 0 Å². The smallest absolute Gasteiger partial charge is 0.251 e. The Morgan fingerprint density at radius 3 is 2.20 bits per heavy atom. The molecule has 1 unspecified atom stereocenters. The zero-order chi connectivity index (χ0) is 26.9. The molecular formula is C27H44FN5O2. The van der Waals surface area contributed by atoms with Crippen LogP contribution in [0.4, 0.5) is 4.39 Å². The van der Waals surface area contributed by atoms with Gasteiger partial charge in [0.05, 0.1) is 12.4 Å². The van der Waals surface area contributed by atoms with Gasteiger partial charge in [0.2, 0.25) is 5.91 Å². The molecule has 2 amide bonds. The topological polar surface area (TPSA) is 99.8 Å². The first-order valence-electron chi connectivity index (χ1n) is 12.1. The number of aromatic nitrogens is 3. The molecule has 0 saturated carbocycles. The van der Waals surface area contributed by atoms with Crippen LogP contribution in [0.5, 0.6) is 0 Å². The monoisotopic (exact) mass is 489 g/mol. The summed E-state index contributed by atoms with van der Waals surface area (Å²) in [6, 6.07) is 7.45. The third-order valence-electron chi connectivity index (χ3n) is 4.15. The molecule has 0 aliphatic heterocycles. The van der Waals surface area contributed by atoms with Gasteiger partial charge >= 0.3 is 0 Å². The lowest BCUT2D eigenvalue weighted by Gasteiger charge is -2.07. The quantitative estimate of drug-likeness (QED) is 0.294. The van der Waals surface area contributed by atoms with Crippen LogP contribution in [0.25, 0.3) is 0 Å². The Morgan fingerprint density at radius 1 is 1.17 bits per heavy atom. The number of carbonyl (C=O) groups excluding carboxylic acids is 2. The lowest BCUT2D eigenvalue weighted by molar-refractivity contribution is -0.120. The summed E-state index contributed by atoms with van der Waals surface area (Å²) in [5.41, 5.74) is 2.59. The second-order valence-electron chi connectivity index (χ2n) is 7.64. The van der Waals surface area contributed by atoms with Gasteiger partial charge in [0.25, 0.3) is 5.91 Å². The fourth-order valence-corrected chi connectivity index (χ4v) is 2.15. The number of nitrogens with zero attached hydrogens (tertiary/aromatic N) is 2. The first-order valence-corrected chi connectivity index (χ1v) is 12.1. The van der Waals surface area contributed by atoms with Crippen molar-refractivity contribution in [3.8, 4) is 0 Å². The molecule has 0 aliphatic rings. The van der Waals surface area contributed by atoms with E-state index in [9.17, 15) is 14.0 Å². The maximum atomic E-state index is 11.9. The summed E-state index contributed by atoms with van der Waals surface area (Å²) in [5, 5.41) is 15.0. The number of amides is 2. The van der Waals surface area contributed by atoms with E-state index in [4.69, 9.17) is 0 Å². The van der Waals surface area contributed by atoms with Gasteiger partial charge in [0, 0.05) is 24.2 Å². The third-order valence-corrected chi connectivity index (χ3v) is 4.15. The van der Waals surface area contributed by atoms with Gasteiger partial charge in [-0.05, 0) is 45.7 Å². The summed E-state index contributed by atoms with van der Waals surface area (Å²) in [6.45, 7) is 15.3. The first-order chi connectivity index (χ1) is 16.7. The standard InChI is InChI=1S/C17H24N2O2.C4H7F.C4H10.C2H3N3/c1-4-7-14(3)19-16(20)10-6-11-18-17(21)15-9-5-8-13(2)12-15;1-3-4(2)5;1-3-4-2;1-2-4-5-3-1/h5,7-9,12H,4,6,10-11H2,1-3H3,(H,18,21)(H,19,20);3-4H,1H2,2H3;3-4H2,1-2H3;1-2H,(H,3,4,5)/b14-7+;;;. The van der Waals surface area contributed by atoms with Crippen LogP contribution in [-0.4, -0.2) is 39.9 Å². The number of aryl methyl sites for hydroxylation is 1. The van der Waals surface area contributed by atoms with Gasteiger partial charge in [-0.2, -0.15) is 15.4 Å². The summed E-state index contributed by atoms with van der Waals surface area (Å²) in [5.74, 6) is -0.108. The van der Waals surface area contributed by atoms with E-state index in [1.807, 2.05) is 45.0 Å². The molecular weight excluding hydrogens is 445 g/mol. The number of unbranched alkanes of at least 4 members (excludes halogenated alkanes) is 1. The van der Waals surface area contributed by atoms with E-state index in [1.54, 1.807) is 18.5 Å². The zero-order valence-corrected chi connectivity index (χ0v) is 22.2. The van der Waals surface area contributed by atoms with Crippen molar-refractivity contribution in [3.63, 3.8) is 0 Å². The van der Waals surface area contributed by atoms with E-state index in [-0.39, 0.29) is 11.8 Å². The van der Waals surface area contributed by atoms with Crippen molar-refractivity contribution in [1.29, 1.82) is 0 Å². The highest BCUT2D eigenvalue weighted by Crippen LogP contribution is 2.03. The van der Waals surface area contributed by atoms with E-state index >= 15 is 0 Å². The number of benzene rings is 1. The molecule has 0 spiro atoms. The van der Waals surface area contributed by atoms with Crippen molar-refractivity contribution in [1.82, 2.24) is 26.0 Å². The van der Waals surface area contributed by atoms with Crippen LogP contribution >= 0.6 is 0 Å². The largest absolute Gasteiger partial charge is 0.352 e. The second kappa shape index (κ2) is 23.9. The van der Waals surface area contributed by atoms with E-state index in [2.05, 4.69) is 46.5 Å². The van der Waals surface area contributed by atoms with E-state index in [0.717, 1.165) is 17.7 Å². The molecule has 0 radical (unpaired) electrons. The molecule has 0 bridgehead atoms. The minimum Gasteiger partial charge on any atom is -0.352 e. The molecule has 1 heterocycles. The number of hydrogen-bond acceptors (Lipinski definition) is 4. The van der Waals surface area contributed by atoms with Crippen molar-refractivity contribution < 1.29 is 14.0 Å². The van der Waals surface area contributed by atoms with Crippen molar-refractivity contribution in [3.05, 3.63) is 72.2 Å². The van der Waals surface area contributed by atoms with Gasteiger partial charge in [0.1, 0.15) is 6.17 Å². The number of allylic oxidation sites excluding steroid dienone is 3. The van der Waals surface area contributed by atoms with Crippen molar-refractivity contribution in [2.24, 2.45) is 0 Å². The second-order valence-corrected chi connectivity index (χ2v) is 7.64. The number of carbonyl (C=O) groups is 2. The summed E-state index contributed by atoms with van der Waals surface area (Å²) in [6.07, 6.45) is 10.1. The van der Waals surface area contributed by atoms with Crippen LogP contribution in [-0.2, 0) is 4.79 Å². The van der Waals surface area contributed by atoms with Crippen molar-refractivity contribution in [2.75, 3.05) is 6.54 Å². The van der Waals surface area contributed by atoms with Gasteiger partial charge in [-0.25, -0.2) is 4.39 Å². The van der Waals surface area contributed by atoms with Crippen molar-refractivity contribution >= 4 is 11.8 Å². The minimum absolute atomic E-state index is 0.0120. The maximum absolute atomic E-state index is 11.9. The summed E-state index contributed by atoms with van der Waals surface area (Å²) in [4.78, 5) is 23.5. The Morgan fingerprint density at radius 2 is 1.77 bits per heavy atom. The maximum Gasteiger partial charge on any atom is 0.251 e. The molecule has 1 aromatic heterocycles. The number of rotatable bonds is 9. The molecule has 8 heteroatoms. The average molecular weight is 490 g/mol. The molecule has 3 N–H and O–H groups in total. The highest BCUT2D eigenvalue weighted by atomic mass is 19.1. The SMILES string of the molecule is C=CC(C)F.CC/C=C(\C)NC(=O)CCCNC(=O)c1cccc(C)c1.CCCC.c1cn[nH]n1. The predicted molar refractivity (Wildman–Crippen MR) is 143 cm³/mol.